The van der Waals surface area contributed by atoms with Crippen molar-refractivity contribution in [2.75, 3.05) is 32.6 Å². The molecule has 2 N–H and O–H groups in total. The molecule has 0 aliphatic carbocycles. The van der Waals surface area contributed by atoms with Gasteiger partial charge in [0.05, 0.1) is 25.5 Å². The summed E-state index contributed by atoms with van der Waals surface area (Å²) in [4.78, 5) is 24.3. The molecule has 1 aromatic carbocycles. The number of piperidine rings is 1. The molecule has 1 saturated heterocycles. The van der Waals surface area contributed by atoms with Gasteiger partial charge in [-0.1, -0.05) is 6.92 Å². The summed E-state index contributed by atoms with van der Waals surface area (Å²) in [5.74, 6) is 0.741. The van der Waals surface area contributed by atoms with Gasteiger partial charge in [-0.2, -0.15) is 0 Å². The minimum absolute atomic E-state index is 0.0941. The number of carbonyl (C=O) groups excluding carboxylic acids is 2. The monoisotopic (exact) mass is 334 g/mol. The fraction of sp³-hybridized carbons (Fsp3) is 0.556. The van der Waals surface area contributed by atoms with Crippen LogP contribution in [-0.2, 0) is 9.53 Å². The van der Waals surface area contributed by atoms with Crippen LogP contribution in [0.25, 0.3) is 0 Å². The van der Waals surface area contributed by atoms with Crippen molar-refractivity contribution in [3.8, 4) is 5.75 Å². The standard InChI is InChI=1S/C18H26N2O4/c1-12(13-5-4-8-19-11-13)9-17(21)20-16-7-6-14(23-2)10-15(16)18(22)24-3/h6-7,10,12-13,19H,4-5,8-9,11H2,1-3H3,(H,20,21). The van der Waals surface area contributed by atoms with Crippen LogP contribution in [0.15, 0.2) is 18.2 Å². The number of nitrogens with one attached hydrogen (secondary N) is 2. The summed E-state index contributed by atoms with van der Waals surface area (Å²) in [6, 6.07) is 4.93. The molecule has 0 saturated carbocycles. The Labute approximate surface area is 142 Å². The average molecular weight is 334 g/mol. The molecule has 1 fully saturated rings. The molecular formula is C18H26N2O4. The van der Waals surface area contributed by atoms with Crippen LogP contribution in [-0.4, -0.2) is 39.2 Å². The number of rotatable bonds is 6. The van der Waals surface area contributed by atoms with Crippen molar-refractivity contribution in [2.24, 2.45) is 11.8 Å². The summed E-state index contributed by atoms with van der Waals surface area (Å²) in [5, 5.41) is 6.21. The number of ether oxygens (including phenoxy) is 2. The van der Waals surface area contributed by atoms with E-state index < -0.39 is 5.97 Å². The highest BCUT2D eigenvalue weighted by molar-refractivity contribution is 6.01. The lowest BCUT2D eigenvalue weighted by Gasteiger charge is -2.28. The van der Waals surface area contributed by atoms with E-state index in [9.17, 15) is 9.59 Å². The molecule has 24 heavy (non-hydrogen) atoms. The van der Waals surface area contributed by atoms with Crippen LogP contribution < -0.4 is 15.4 Å². The predicted octanol–water partition coefficient (Wildman–Crippen LogP) is 2.45. The number of benzene rings is 1. The number of esters is 1. The van der Waals surface area contributed by atoms with Crippen molar-refractivity contribution >= 4 is 17.6 Å². The molecule has 1 amide bonds. The summed E-state index contributed by atoms with van der Waals surface area (Å²) in [6.45, 7) is 4.13. The first-order valence-corrected chi connectivity index (χ1v) is 8.32. The lowest BCUT2D eigenvalue weighted by atomic mass is 9.85. The van der Waals surface area contributed by atoms with Crippen LogP contribution in [0.3, 0.4) is 0 Å². The SMILES string of the molecule is COC(=O)c1cc(OC)ccc1NC(=O)CC(C)C1CCCNC1. The second kappa shape index (κ2) is 8.68. The molecule has 1 aliphatic heterocycles. The highest BCUT2D eigenvalue weighted by Crippen LogP contribution is 2.25. The molecule has 0 aromatic heterocycles. The second-order valence-electron chi connectivity index (χ2n) is 6.24. The molecule has 1 aromatic rings. The van der Waals surface area contributed by atoms with E-state index in [1.54, 1.807) is 18.2 Å². The normalized spacial score (nSPS) is 18.5. The first kappa shape index (κ1) is 18.3. The molecule has 0 radical (unpaired) electrons. The Bertz CT molecular complexity index is 582. The number of hydrogen-bond acceptors (Lipinski definition) is 5. The summed E-state index contributed by atoms with van der Waals surface area (Å²) in [7, 11) is 2.83. The maximum atomic E-state index is 12.4. The van der Waals surface area contributed by atoms with E-state index in [1.807, 2.05) is 0 Å². The van der Waals surface area contributed by atoms with Crippen LogP contribution in [0, 0.1) is 11.8 Å². The lowest BCUT2D eigenvalue weighted by molar-refractivity contribution is -0.117. The van der Waals surface area contributed by atoms with E-state index in [4.69, 9.17) is 9.47 Å². The van der Waals surface area contributed by atoms with Crippen LogP contribution in [0.5, 0.6) is 5.75 Å². The number of hydrogen-bond donors (Lipinski definition) is 2. The Hall–Kier alpha value is -2.08. The van der Waals surface area contributed by atoms with E-state index in [1.165, 1.54) is 14.2 Å². The molecule has 1 heterocycles. The zero-order chi connectivity index (χ0) is 17.5. The van der Waals surface area contributed by atoms with Gasteiger partial charge < -0.3 is 20.1 Å². The largest absolute Gasteiger partial charge is 0.497 e. The zero-order valence-corrected chi connectivity index (χ0v) is 14.6. The topological polar surface area (TPSA) is 76.7 Å². The molecule has 6 nitrogen and oxygen atoms in total. The summed E-state index contributed by atoms with van der Waals surface area (Å²) in [5.41, 5.74) is 0.735. The smallest absolute Gasteiger partial charge is 0.340 e. The van der Waals surface area contributed by atoms with E-state index in [-0.39, 0.29) is 17.4 Å². The van der Waals surface area contributed by atoms with Gasteiger partial charge in [0.25, 0.3) is 0 Å². The molecule has 0 bridgehead atoms. The maximum Gasteiger partial charge on any atom is 0.340 e. The first-order chi connectivity index (χ1) is 11.5. The van der Waals surface area contributed by atoms with Crippen molar-refractivity contribution in [3.05, 3.63) is 23.8 Å². The Morgan fingerprint density at radius 1 is 1.38 bits per heavy atom. The molecule has 132 valence electrons. The van der Waals surface area contributed by atoms with Crippen molar-refractivity contribution in [3.63, 3.8) is 0 Å². The maximum absolute atomic E-state index is 12.4. The van der Waals surface area contributed by atoms with Gasteiger partial charge in [0.15, 0.2) is 0 Å². The predicted molar refractivity (Wildman–Crippen MR) is 92.3 cm³/mol. The van der Waals surface area contributed by atoms with Crippen LogP contribution in [0.4, 0.5) is 5.69 Å². The number of anilines is 1. The summed E-state index contributed by atoms with van der Waals surface area (Å²) < 4.78 is 9.91. The first-order valence-electron chi connectivity index (χ1n) is 8.32. The minimum atomic E-state index is -0.506. The highest BCUT2D eigenvalue weighted by atomic mass is 16.5. The highest BCUT2D eigenvalue weighted by Gasteiger charge is 2.23. The van der Waals surface area contributed by atoms with Crippen LogP contribution in [0.2, 0.25) is 0 Å². The van der Waals surface area contributed by atoms with Crippen molar-refractivity contribution < 1.29 is 19.1 Å². The third kappa shape index (κ3) is 4.71. The van der Waals surface area contributed by atoms with Crippen LogP contribution >= 0.6 is 0 Å². The van der Waals surface area contributed by atoms with Crippen molar-refractivity contribution in [1.29, 1.82) is 0 Å². The Morgan fingerprint density at radius 3 is 2.79 bits per heavy atom. The second-order valence-corrected chi connectivity index (χ2v) is 6.24. The minimum Gasteiger partial charge on any atom is -0.497 e. The fourth-order valence-corrected chi connectivity index (χ4v) is 3.06. The van der Waals surface area contributed by atoms with Gasteiger partial charge in [-0.05, 0) is 56.0 Å². The van der Waals surface area contributed by atoms with Gasteiger partial charge >= 0.3 is 5.97 Å². The van der Waals surface area contributed by atoms with Crippen LogP contribution in [0.1, 0.15) is 36.5 Å². The molecule has 2 rings (SSSR count). The van der Waals surface area contributed by atoms with E-state index in [0.29, 0.717) is 23.8 Å². The quantitative estimate of drug-likeness (QED) is 0.782. The van der Waals surface area contributed by atoms with Gasteiger partial charge in [0, 0.05) is 6.42 Å². The van der Waals surface area contributed by atoms with Gasteiger partial charge in [0.2, 0.25) is 5.91 Å². The number of amides is 1. The van der Waals surface area contributed by atoms with E-state index >= 15 is 0 Å². The molecule has 6 heteroatoms. The fourth-order valence-electron chi connectivity index (χ4n) is 3.06. The lowest BCUT2D eigenvalue weighted by Crippen LogP contribution is -2.34. The van der Waals surface area contributed by atoms with Crippen molar-refractivity contribution in [1.82, 2.24) is 5.32 Å². The van der Waals surface area contributed by atoms with Gasteiger partial charge in [-0.25, -0.2) is 4.79 Å². The Balaban J connectivity index is 2.03. The van der Waals surface area contributed by atoms with E-state index in [0.717, 1.165) is 25.9 Å². The van der Waals surface area contributed by atoms with Crippen molar-refractivity contribution in [2.45, 2.75) is 26.2 Å². The molecule has 1 aliphatic rings. The van der Waals surface area contributed by atoms with Gasteiger partial charge in [0.1, 0.15) is 5.75 Å². The Kier molecular flexibility index (Phi) is 6.61. The zero-order valence-electron chi connectivity index (χ0n) is 14.6. The molecule has 2 unspecified atom stereocenters. The molecular weight excluding hydrogens is 308 g/mol. The number of methoxy groups -OCH3 is 2. The average Bonchev–Trinajstić information content (AvgIpc) is 2.62. The van der Waals surface area contributed by atoms with E-state index in [2.05, 4.69) is 17.6 Å². The summed E-state index contributed by atoms with van der Waals surface area (Å²) >= 11 is 0. The third-order valence-electron chi connectivity index (χ3n) is 4.55. The van der Waals surface area contributed by atoms with Gasteiger partial charge in [-0.3, -0.25) is 4.79 Å². The third-order valence-corrected chi connectivity index (χ3v) is 4.55. The molecule has 2 atom stereocenters. The molecule has 0 spiro atoms. The summed E-state index contributed by atoms with van der Waals surface area (Å²) in [6.07, 6.45) is 2.73. The van der Waals surface area contributed by atoms with Gasteiger partial charge in [-0.15, -0.1) is 0 Å². The number of carbonyl (C=O) groups is 2. The Morgan fingerprint density at radius 2 is 2.17 bits per heavy atom.